The first-order valence-electron chi connectivity index (χ1n) is 19.5. The zero-order valence-corrected chi connectivity index (χ0v) is 30.4. The Morgan fingerprint density at radius 2 is 1.04 bits per heavy atom. The van der Waals surface area contributed by atoms with Gasteiger partial charge in [0.1, 0.15) is 0 Å². The van der Waals surface area contributed by atoms with Crippen LogP contribution in [0.15, 0.2) is 164 Å². The molecular formula is C52H32N4. The van der Waals surface area contributed by atoms with Gasteiger partial charge in [0.15, 0.2) is 0 Å². The first-order chi connectivity index (χ1) is 27.7. The van der Waals surface area contributed by atoms with Crippen LogP contribution in [0.4, 0.5) is 0 Å². The molecular weight excluding hydrogens is 681 g/mol. The zero-order valence-electron chi connectivity index (χ0n) is 30.4. The Labute approximate surface area is 321 Å². The molecule has 4 heterocycles. The van der Waals surface area contributed by atoms with E-state index in [0.717, 1.165) is 40.9 Å². The standard InChI is InChI=1S/C52H32N4/c1-3-12-33-26-36(22-20-31(33)10-1)45-30-46(37-23-21-32-11-2-4-13-34(32)27-37)54-52(53-45)55-47-18-7-6-15-39(47)44-28-35-24-25-42-41-17-9-16-40-38-14-5-8-19-48(38)56(50(40)41)51(42)43(35)29-49(44)55/h1-6,8-17,19-30H,7,18H2. The summed E-state index contributed by atoms with van der Waals surface area (Å²) in [6, 6.07) is 57.6. The minimum absolute atomic E-state index is 0.699. The Morgan fingerprint density at radius 3 is 1.79 bits per heavy atom. The molecule has 4 heteroatoms. The molecule has 0 saturated heterocycles. The van der Waals surface area contributed by atoms with Crippen LogP contribution in [0.2, 0.25) is 0 Å². The van der Waals surface area contributed by atoms with Gasteiger partial charge < -0.3 is 4.40 Å². The van der Waals surface area contributed by atoms with Crippen LogP contribution < -0.4 is 0 Å². The van der Waals surface area contributed by atoms with Crippen molar-refractivity contribution >= 4 is 87.4 Å². The summed E-state index contributed by atoms with van der Waals surface area (Å²) < 4.78 is 4.87. The summed E-state index contributed by atoms with van der Waals surface area (Å²) in [7, 11) is 0. The second-order valence-corrected chi connectivity index (χ2v) is 15.3. The van der Waals surface area contributed by atoms with Crippen molar-refractivity contribution in [1.29, 1.82) is 0 Å². The van der Waals surface area contributed by atoms with Crippen LogP contribution in [0.3, 0.4) is 0 Å². The smallest absolute Gasteiger partial charge is 0.235 e. The Morgan fingerprint density at radius 1 is 0.429 bits per heavy atom. The monoisotopic (exact) mass is 712 g/mol. The van der Waals surface area contributed by atoms with Crippen molar-refractivity contribution in [2.75, 3.05) is 0 Å². The minimum Gasteiger partial charge on any atom is -0.307 e. The van der Waals surface area contributed by atoms with E-state index in [4.69, 9.17) is 9.97 Å². The largest absolute Gasteiger partial charge is 0.307 e. The highest BCUT2D eigenvalue weighted by atomic mass is 15.2. The summed E-state index contributed by atoms with van der Waals surface area (Å²) in [6.07, 6.45) is 6.51. The third-order valence-corrected chi connectivity index (χ3v) is 12.3. The molecule has 0 radical (unpaired) electrons. The number of aromatic nitrogens is 4. The molecule has 4 aromatic heterocycles. The summed E-state index contributed by atoms with van der Waals surface area (Å²) in [5, 5.41) is 13.7. The van der Waals surface area contributed by atoms with Crippen molar-refractivity contribution < 1.29 is 0 Å². The highest BCUT2D eigenvalue weighted by Crippen LogP contribution is 2.44. The van der Waals surface area contributed by atoms with Gasteiger partial charge in [-0.1, -0.05) is 133 Å². The average molecular weight is 713 g/mol. The van der Waals surface area contributed by atoms with Gasteiger partial charge in [-0.2, -0.15) is 0 Å². The van der Waals surface area contributed by atoms with Crippen LogP contribution in [0.1, 0.15) is 17.7 Å². The molecule has 0 bridgehead atoms. The molecule has 0 atom stereocenters. The second kappa shape index (κ2) is 11.1. The lowest BCUT2D eigenvalue weighted by Crippen LogP contribution is -2.08. The molecule has 0 aliphatic heterocycles. The fourth-order valence-corrected chi connectivity index (χ4v) is 9.70. The Balaban J connectivity index is 1.14. The van der Waals surface area contributed by atoms with Crippen molar-refractivity contribution in [3.8, 4) is 28.5 Å². The lowest BCUT2D eigenvalue weighted by molar-refractivity contribution is 0.848. The van der Waals surface area contributed by atoms with Gasteiger partial charge in [0.2, 0.25) is 5.95 Å². The van der Waals surface area contributed by atoms with Crippen molar-refractivity contribution in [1.82, 2.24) is 18.9 Å². The lowest BCUT2D eigenvalue weighted by Gasteiger charge is -2.15. The summed E-state index contributed by atoms with van der Waals surface area (Å²) in [5.41, 5.74) is 11.4. The molecule has 56 heavy (non-hydrogen) atoms. The van der Waals surface area contributed by atoms with E-state index in [-0.39, 0.29) is 0 Å². The summed E-state index contributed by atoms with van der Waals surface area (Å²) >= 11 is 0. The van der Waals surface area contributed by atoms with Crippen LogP contribution >= 0.6 is 0 Å². The van der Waals surface area contributed by atoms with E-state index >= 15 is 0 Å². The number of para-hydroxylation sites is 2. The van der Waals surface area contributed by atoms with Crippen LogP contribution in [-0.4, -0.2) is 18.9 Å². The SMILES string of the molecule is C1=Cc2c(n(-c3nc(-c4ccc5ccccc5c4)cc(-c4ccc5ccccc5c4)n3)c3cc4c(ccc5c6cccc7c8ccccc8n(c45)c76)cc23)CC1. The van der Waals surface area contributed by atoms with E-state index in [0.29, 0.717) is 5.95 Å². The predicted octanol–water partition coefficient (Wildman–Crippen LogP) is 13.3. The molecule has 0 N–H and O–H groups in total. The molecule has 12 aromatic rings. The molecule has 4 nitrogen and oxygen atoms in total. The van der Waals surface area contributed by atoms with Gasteiger partial charge in [0.05, 0.1) is 33.5 Å². The van der Waals surface area contributed by atoms with E-state index in [1.165, 1.54) is 87.1 Å². The Kier molecular flexibility index (Phi) is 5.97. The maximum atomic E-state index is 5.47. The van der Waals surface area contributed by atoms with Gasteiger partial charge in [0, 0.05) is 54.7 Å². The van der Waals surface area contributed by atoms with Crippen molar-refractivity contribution in [3.05, 3.63) is 175 Å². The van der Waals surface area contributed by atoms with E-state index in [1.807, 2.05) is 0 Å². The molecule has 0 saturated carbocycles. The number of hydrogen-bond acceptors (Lipinski definition) is 2. The van der Waals surface area contributed by atoms with Crippen molar-refractivity contribution in [3.63, 3.8) is 0 Å². The van der Waals surface area contributed by atoms with Crippen LogP contribution in [-0.2, 0) is 6.42 Å². The van der Waals surface area contributed by atoms with Gasteiger partial charge in [-0.3, -0.25) is 4.57 Å². The second-order valence-electron chi connectivity index (χ2n) is 15.3. The molecule has 0 unspecified atom stereocenters. The molecule has 8 aromatic carbocycles. The van der Waals surface area contributed by atoms with Crippen molar-refractivity contribution in [2.45, 2.75) is 12.8 Å². The van der Waals surface area contributed by atoms with Gasteiger partial charge in [-0.05, 0) is 76.2 Å². The van der Waals surface area contributed by atoms with E-state index in [9.17, 15) is 0 Å². The van der Waals surface area contributed by atoms with E-state index < -0.39 is 0 Å². The zero-order chi connectivity index (χ0) is 36.5. The molecule has 13 rings (SSSR count). The van der Waals surface area contributed by atoms with Gasteiger partial charge in [-0.15, -0.1) is 0 Å². The highest BCUT2D eigenvalue weighted by Gasteiger charge is 2.24. The van der Waals surface area contributed by atoms with Gasteiger partial charge >= 0.3 is 0 Å². The van der Waals surface area contributed by atoms with E-state index in [2.05, 4.69) is 179 Å². The van der Waals surface area contributed by atoms with Crippen LogP contribution in [0, 0.1) is 0 Å². The normalized spacial score (nSPS) is 13.1. The Hall–Kier alpha value is -7.30. The first-order valence-corrected chi connectivity index (χ1v) is 19.5. The topological polar surface area (TPSA) is 35.1 Å². The van der Waals surface area contributed by atoms with Crippen molar-refractivity contribution in [2.24, 2.45) is 0 Å². The molecule has 0 fully saturated rings. The average Bonchev–Trinajstić information content (AvgIpc) is 3.90. The predicted molar refractivity (Wildman–Crippen MR) is 234 cm³/mol. The number of rotatable bonds is 3. The fraction of sp³-hybridized carbons (Fsp3) is 0.0385. The number of fused-ring (bicyclic) bond motifs is 13. The number of allylic oxidation sites excluding steroid dienone is 1. The minimum atomic E-state index is 0.699. The van der Waals surface area contributed by atoms with Crippen LogP contribution in [0.5, 0.6) is 0 Å². The maximum absolute atomic E-state index is 5.47. The Bertz CT molecular complexity index is 3560. The molecule has 0 spiro atoms. The molecule has 1 aliphatic carbocycles. The molecule has 260 valence electrons. The number of benzene rings is 8. The van der Waals surface area contributed by atoms with Gasteiger partial charge in [-0.25, -0.2) is 9.97 Å². The number of nitrogens with zero attached hydrogens (tertiary/aromatic N) is 4. The summed E-state index contributed by atoms with van der Waals surface area (Å²) in [6.45, 7) is 0. The molecule has 0 amide bonds. The maximum Gasteiger partial charge on any atom is 0.235 e. The van der Waals surface area contributed by atoms with Gasteiger partial charge in [0.25, 0.3) is 0 Å². The van der Waals surface area contributed by atoms with E-state index in [1.54, 1.807) is 0 Å². The quantitative estimate of drug-likeness (QED) is 0.183. The summed E-state index contributed by atoms with van der Waals surface area (Å²) in [5.74, 6) is 0.699. The molecule has 1 aliphatic rings. The highest BCUT2D eigenvalue weighted by molar-refractivity contribution is 6.28. The number of hydrogen-bond donors (Lipinski definition) is 0. The fourth-order valence-electron chi connectivity index (χ4n) is 9.70. The van der Waals surface area contributed by atoms with Crippen LogP contribution in [0.25, 0.3) is 116 Å². The first kappa shape index (κ1) is 30.1. The summed E-state index contributed by atoms with van der Waals surface area (Å²) in [4.78, 5) is 10.9. The third-order valence-electron chi connectivity index (χ3n) is 12.3. The third kappa shape index (κ3) is 4.13. The lowest BCUT2D eigenvalue weighted by atomic mass is 9.99.